The Kier molecular flexibility index (Phi) is 3.97. The lowest BCUT2D eigenvalue weighted by atomic mass is 10.1. The summed E-state index contributed by atoms with van der Waals surface area (Å²) in [5.74, 6) is 0.0529. The maximum Gasteiger partial charge on any atom is 0.255 e. The quantitative estimate of drug-likeness (QED) is 0.798. The Hall–Kier alpha value is -2.73. The van der Waals surface area contributed by atoms with E-state index in [0.717, 1.165) is 41.7 Å². The summed E-state index contributed by atoms with van der Waals surface area (Å²) in [4.78, 5) is 28.8. The fourth-order valence-electron chi connectivity index (χ4n) is 3.41. The molecule has 1 aliphatic rings. The van der Waals surface area contributed by atoms with Crippen molar-refractivity contribution in [1.29, 1.82) is 0 Å². The van der Waals surface area contributed by atoms with Crippen molar-refractivity contribution in [2.45, 2.75) is 12.5 Å². The van der Waals surface area contributed by atoms with Gasteiger partial charge in [0.15, 0.2) is 0 Å². The van der Waals surface area contributed by atoms with Gasteiger partial charge in [-0.2, -0.15) is 0 Å². The van der Waals surface area contributed by atoms with E-state index in [2.05, 4.69) is 33.9 Å². The van der Waals surface area contributed by atoms with Crippen molar-refractivity contribution < 1.29 is 4.79 Å². The van der Waals surface area contributed by atoms with Crippen LogP contribution in [0.4, 0.5) is 0 Å². The van der Waals surface area contributed by atoms with Crippen LogP contribution in [0.3, 0.4) is 0 Å². The van der Waals surface area contributed by atoms with Gasteiger partial charge in [0.2, 0.25) is 0 Å². The Morgan fingerprint density at radius 2 is 2.24 bits per heavy atom. The Bertz CT molecular complexity index is 903. The Labute approximate surface area is 146 Å². The van der Waals surface area contributed by atoms with Crippen LogP contribution in [0.2, 0.25) is 0 Å². The lowest BCUT2D eigenvalue weighted by Gasteiger charge is -2.20. The normalized spacial score (nSPS) is 17.6. The van der Waals surface area contributed by atoms with E-state index in [-0.39, 0.29) is 5.91 Å². The molecule has 0 saturated carbocycles. The summed E-state index contributed by atoms with van der Waals surface area (Å²) in [7, 11) is 4.12. The topological polar surface area (TPSA) is 65.1 Å². The molecule has 0 radical (unpaired) electrons. The van der Waals surface area contributed by atoms with E-state index < -0.39 is 0 Å². The van der Waals surface area contributed by atoms with Crippen LogP contribution in [0.15, 0.2) is 43.0 Å². The third-order valence-corrected chi connectivity index (χ3v) is 4.93. The van der Waals surface area contributed by atoms with E-state index >= 15 is 0 Å². The number of carbonyl (C=O) groups excluding carboxylic acids is 1. The minimum atomic E-state index is 0.0529. The summed E-state index contributed by atoms with van der Waals surface area (Å²) in [6.45, 7) is 1.56. The Balaban J connectivity index is 1.66. The zero-order chi connectivity index (χ0) is 17.4. The molecule has 0 aromatic carbocycles. The summed E-state index contributed by atoms with van der Waals surface area (Å²) in [6.07, 6.45) is 8.16. The third kappa shape index (κ3) is 2.89. The molecule has 1 amide bonds. The van der Waals surface area contributed by atoms with E-state index in [4.69, 9.17) is 0 Å². The molecular formula is C19H21N5O. The van der Waals surface area contributed by atoms with Gasteiger partial charge in [0.25, 0.3) is 5.91 Å². The largest absolute Gasteiger partial charge is 0.346 e. The number of likely N-dealkylation sites (N-methyl/N-ethyl adjacent to an activating group) is 1. The molecule has 1 N–H and O–H groups in total. The number of aromatic nitrogens is 3. The van der Waals surface area contributed by atoms with E-state index in [9.17, 15) is 4.79 Å². The van der Waals surface area contributed by atoms with Gasteiger partial charge in [0.1, 0.15) is 5.65 Å². The number of likely N-dealkylation sites (tertiary alicyclic amines) is 1. The second kappa shape index (κ2) is 6.29. The first-order chi connectivity index (χ1) is 12.1. The van der Waals surface area contributed by atoms with Gasteiger partial charge in [-0.25, -0.2) is 4.98 Å². The number of rotatable bonds is 3. The highest BCUT2D eigenvalue weighted by Crippen LogP contribution is 2.28. The standard InChI is InChI=1S/C19H21N5O/c1-23(2)15-5-7-24(12-15)19(25)14-8-16-17(11-22-18(16)21-10-14)13-4-3-6-20-9-13/h3-4,6,8-11,15H,5,7,12H2,1-2H3,(H,21,22). The molecule has 4 heterocycles. The molecule has 128 valence electrons. The molecule has 6 nitrogen and oxygen atoms in total. The number of H-pyrrole nitrogens is 1. The highest BCUT2D eigenvalue weighted by Gasteiger charge is 2.28. The molecule has 3 aromatic rings. The number of amides is 1. The maximum atomic E-state index is 12.9. The summed E-state index contributed by atoms with van der Waals surface area (Å²) in [5, 5.41) is 0.946. The van der Waals surface area contributed by atoms with Crippen LogP contribution in [0.25, 0.3) is 22.2 Å². The number of hydrogen-bond acceptors (Lipinski definition) is 4. The van der Waals surface area contributed by atoms with Crippen LogP contribution in [0.5, 0.6) is 0 Å². The molecule has 1 unspecified atom stereocenters. The third-order valence-electron chi connectivity index (χ3n) is 4.93. The minimum Gasteiger partial charge on any atom is -0.346 e. The van der Waals surface area contributed by atoms with Crippen LogP contribution in [0.1, 0.15) is 16.8 Å². The van der Waals surface area contributed by atoms with E-state index in [1.54, 1.807) is 12.4 Å². The fraction of sp³-hybridized carbons (Fsp3) is 0.316. The van der Waals surface area contributed by atoms with Crippen molar-refractivity contribution in [3.63, 3.8) is 0 Å². The highest BCUT2D eigenvalue weighted by molar-refractivity contribution is 6.01. The van der Waals surface area contributed by atoms with Crippen molar-refractivity contribution in [3.8, 4) is 11.1 Å². The van der Waals surface area contributed by atoms with Gasteiger partial charge in [-0.05, 0) is 32.6 Å². The number of nitrogens with zero attached hydrogens (tertiary/aromatic N) is 4. The summed E-state index contributed by atoms with van der Waals surface area (Å²) < 4.78 is 0. The zero-order valence-electron chi connectivity index (χ0n) is 14.4. The van der Waals surface area contributed by atoms with Crippen molar-refractivity contribution in [1.82, 2.24) is 24.8 Å². The van der Waals surface area contributed by atoms with Crippen LogP contribution < -0.4 is 0 Å². The molecule has 3 aromatic heterocycles. The summed E-state index contributed by atoms with van der Waals surface area (Å²) >= 11 is 0. The molecular weight excluding hydrogens is 314 g/mol. The van der Waals surface area contributed by atoms with Gasteiger partial charge in [0, 0.05) is 60.4 Å². The molecule has 1 fully saturated rings. The molecule has 1 saturated heterocycles. The predicted octanol–water partition coefficient (Wildman–Crippen LogP) is 2.40. The predicted molar refractivity (Wildman–Crippen MR) is 97.3 cm³/mol. The summed E-state index contributed by atoms with van der Waals surface area (Å²) in [5.41, 5.74) is 3.44. The second-order valence-electron chi connectivity index (χ2n) is 6.72. The number of carbonyl (C=O) groups is 1. The van der Waals surface area contributed by atoms with Crippen molar-refractivity contribution >= 4 is 16.9 Å². The number of fused-ring (bicyclic) bond motifs is 1. The number of aromatic amines is 1. The molecule has 1 atom stereocenters. The monoisotopic (exact) mass is 335 g/mol. The lowest BCUT2D eigenvalue weighted by molar-refractivity contribution is 0.0783. The highest BCUT2D eigenvalue weighted by atomic mass is 16.2. The Morgan fingerprint density at radius 1 is 1.36 bits per heavy atom. The van der Waals surface area contributed by atoms with Gasteiger partial charge in [-0.3, -0.25) is 9.78 Å². The maximum absolute atomic E-state index is 12.9. The van der Waals surface area contributed by atoms with Crippen LogP contribution in [0, 0.1) is 0 Å². The van der Waals surface area contributed by atoms with Crippen molar-refractivity contribution in [2.75, 3.05) is 27.2 Å². The smallest absolute Gasteiger partial charge is 0.255 e. The SMILES string of the molecule is CN(C)C1CCN(C(=O)c2cnc3[nH]cc(-c4cccnc4)c3c2)C1. The van der Waals surface area contributed by atoms with E-state index in [0.29, 0.717) is 11.6 Å². The molecule has 1 aliphatic heterocycles. The zero-order valence-corrected chi connectivity index (χ0v) is 14.4. The van der Waals surface area contributed by atoms with Gasteiger partial charge in [-0.1, -0.05) is 6.07 Å². The minimum absolute atomic E-state index is 0.0529. The average Bonchev–Trinajstić information content (AvgIpc) is 3.28. The Morgan fingerprint density at radius 3 is 2.96 bits per heavy atom. The summed E-state index contributed by atoms with van der Waals surface area (Å²) in [6, 6.07) is 6.28. The van der Waals surface area contributed by atoms with Crippen LogP contribution >= 0.6 is 0 Å². The average molecular weight is 335 g/mol. The van der Waals surface area contributed by atoms with Gasteiger partial charge in [-0.15, -0.1) is 0 Å². The number of hydrogen-bond donors (Lipinski definition) is 1. The van der Waals surface area contributed by atoms with Crippen LogP contribution in [-0.2, 0) is 0 Å². The molecule has 25 heavy (non-hydrogen) atoms. The molecule has 4 rings (SSSR count). The number of nitrogens with one attached hydrogen (secondary N) is 1. The van der Waals surface area contributed by atoms with Gasteiger partial charge in [0.05, 0.1) is 5.56 Å². The molecule has 0 spiro atoms. The number of pyridine rings is 2. The van der Waals surface area contributed by atoms with Gasteiger partial charge < -0.3 is 14.8 Å². The first kappa shape index (κ1) is 15.8. The lowest BCUT2D eigenvalue weighted by Crippen LogP contribution is -2.34. The van der Waals surface area contributed by atoms with Crippen LogP contribution in [-0.4, -0.2) is 63.9 Å². The van der Waals surface area contributed by atoms with Crippen molar-refractivity contribution in [2.24, 2.45) is 0 Å². The molecule has 0 aliphatic carbocycles. The molecule has 0 bridgehead atoms. The second-order valence-corrected chi connectivity index (χ2v) is 6.72. The first-order valence-corrected chi connectivity index (χ1v) is 8.46. The first-order valence-electron chi connectivity index (χ1n) is 8.46. The van der Waals surface area contributed by atoms with Crippen molar-refractivity contribution in [3.05, 3.63) is 48.5 Å². The van der Waals surface area contributed by atoms with Gasteiger partial charge >= 0.3 is 0 Å². The molecule has 6 heteroatoms. The fourth-order valence-corrected chi connectivity index (χ4v) is 3.41. The van der Waals surface area contributed by atoms with E-state index in [1.165, 1.54) is 0 Å². The van der Waals surface area contributed by atoms with E-state index in [1.807, 2.05) is 35.5 Å².